The molecule has 0 radical (unpaired) electrons. The second-order valence-electron chi connectivity index (χ2n) is 17.7. The van der Waals surface area contributed by atoms with Crippen LogP contribution in [0.5, 0.6) is 0 Å². The molecule has 306 valence electrons. The van der Waals surface area contributed by atoms with Crippen LogP contribution in [-0.4, -0.2) is 19.1 Å². The molecule has 1 aliphatic carbocycles. The van der Waals surface area contributed by atoms with Crippen LogP contribution < -0.4 is 0 Å². The first-order valence-electron chi connectivity index (χ1n) is 22.4. The van der Waals surface area contributed by atoms with E-state index in [2.05, 4.69) is 235 Å². The number of rotatable bonds is 6. The highest BCUT2D eigenvalue weighted by Gasteiger charge is 2.38. The zero-order valence-corrected chi connectivity index (χ0v) is 36.1. The molecule has 0 spiro atoms. The summed E-state index contributed by atoms with van der Waals surface area (Å²) in [7, 11) is 0. The quantitative estimate of drug-likeness (QED) is 0.167. The fraction of sp³-hybridized carbons (Fsp3) is 0.0492. The SMILES string of the molecule is CC1(C)c2ccccc2-c2ccc3c(c21)c1ccccc1n3-c1cccc(-c2cc(-c3ccccc3)nc(-c3ccccc3)n2)c1-c1ccccc1-n1c2ccccc2c2ccccc21. The lowest BCUT2D eigenvalue weighted by Crippen LogP contribution is -2.15. The molecule has 9 aromatic carbocycles. The molecule has 3 aromatic heterocycles. The lowest BCUT2D eigenvalue weighted by atomic mass is 9.80. The normalized spacial score (nSPS) is 12.9. The average Bonchev–Trinajstić information content (AvgIpc) is 3.97. The Kier molecular flexibility index (Phi) is 8.22. The number of para-hydroxylation sites is 4. The zero-order valence-electron chi connectivity index (χ0n) is 36.1. The molecule has 0 saturated heterocycles. The summed E-state index contributed by atoms with van der Waals surface area (Å²) in [6.45, 7) is 4.78. The average molecular weight is 831 g/mol. The molecule has 1 aliphatic rings. The van der Waals surface area contributed by atoms with Crippen LogP contribution in [0.15, 0.2) is 218 Å². The van der Waals surface area contributed by atoms with Crippen molar-refractivity contribution >= 4 is 43.6 Å². The second kappa shape index (κ2) is 14.3. The summed E-state index contributed by atoms with van der Waals surface area (Å²) >= 11 is 0. The van der Waals surface area contributed by atoms with Gasteiger partial charge >= 0.3 is 0 Å². The van der Waals surface area contributed by atoms with Gasteiger partial charge in [0.05, 0.1) is 44.8 Å². The van der Waals surface area contributed by atoms with Gasteiger partial charge in [-0.05, 0) is 64.7 Å². The topological polar surface area (TPSA) is 35.6 Å². The van der Waals surface area contributed by atoms with Gasteiger partial charge in [-0.3, -0.25) is 0 Å². The number of aromatic nitrogens is 4. The highest BCUT2D eigenvalue weighted by Crippen LogP contribution is 2.54. The third-order valence-corrected chi connectivity index (χ3v) is 13.7. The van der Waals surface area contributed by atoms with Gasteiger partial charge in [0.1, 0.15) is 0 Å². The molecule has 0 aliphatic heterocycles. The van der Waals surface area contributed by atoms with Gasteiger partial charge in [0.15, 0.2) is 5.82 Å². The minimum absolute atomic E-state index is 0.198. The van der Waals surface area contributed by atoms with Gasteiger partial charge in [-0.1, -0.05) is 190 Å². The number of benzene rings is 9. The molecule has 4 heteroatoms. The van der Waals surface area contributed by atoms with Crippen LogP contribution in [0, 0.1) is 0 Å². The van der Waals surface area contributed by atoms with Crippen molar-refractivity contribution in [1.29, 1.82) is 0 Å². The van der Waals surface area contributed by atoms with Crippen LogP contribution in [0.4, 0.5) is 0 Å². The van der Waals surface area contributed by atoms with E-state index in [1.165, 1.54) is 49.3 Å². The summed E-state index contributed by atoms with van der Waals surface area (Å²) in [6, 6.07) is 78.8. The molecule has 0 saturated carbocycles. The summed E-state index contributed by atoms with van der Waals surface area (Å²) in [4.78, 5) is 10.7. The molecule has 3 heterocycles. The maximum atomic E-state index is 5.49. The fourth-order valence-corrected chi connectivity index (χ4v) is 10.9. The maximum Gasteiger partial charge on any atom is 0.160 e. The summed E-state index contributed by atoms with van der Waals surface area (Å²) in [5.74, 6) is 0.684. The number of hydrogen-bond donors (Lipinski definition) is 0. The molecule has 0 atom stereocenters. The Morgan fingerprint density at radius 1 is 0.369 bits per heavy atom. The van der Waals surface area contributed by atoms with Crippen LogP contribution in [-0.2, 0) is 5.41 Å². The standard InChI is InChI=1S/C61H42N4/c1-61(2)48-30-14-9-24-41(48)44-36-37-56-58(59(44)61)47-28-13-18-34-54(47)65(56)55-35-19-29-45(50-38-49(39-20-5-3-6-21-39)62-60(63-50)40-22-7-4-8-23-40)57(55)46-27-12-17-33-53(46)64-51-31-15-10-25-42(51)43-26-11-16-32-52(43)64/h3-38H,1-2H3. The van der Waals surface area contributed by atoms with Crippen molar-refractivity contribution in [3.8, 4) is 67.5 Å². The Hall–Kier alpha value is -8.34. The lowest BCUT2D eigenvalue weighted by Gasteiger charge is -2.23. The van der Waals surface area contributed by atoms with E-state index in [-0.39, 0.29) is 5.41 Å². The molecule has 13 rings (SSSR count). The molecule has 4 nitrogen and oxygen atoms in total. The van der Waals surface area contributed by atoms with Crippen LogP contribution in [0.2, 0.25) is 0 Å². The Balaban J connectivity index is 1.17. The van der Waals surface area contributed by atoms with Gasteiger partial charge in [0, 0.05) is 54.8 Å². The van der Waals surface area contributed by atoms with Crippen LogP contribution >= 0.6 is 0 Å². The van der Waals surface area contributed by atoms with Gasteiger partial charge in [-0.25, -0.2) is 9.97 Å². The van der Waals surface area contributed by atoms with Crippen molar-refractivity contribution in [3.63, 3.8) is 0 Å². The second-order valence-corrected chi connectivity index (χ2v) is 17.7. The van der Waals surface area contributed by atoms with Gasteiger partial charge in [0.2, 0.25) is 0 Å². The Morgan fingerprint density at radius 2 is 0.892 bits per heavy atom. The van der Waals surface area contributed by atoms with E-state index in [9.17, 15) is 0 Å². The third kappa shape index (κ3) is 5.57. The predicted octanol–water partition coefficient (Wildman–Crippen LogP) is 15.6. The van der Waals surface area contributed by atoms with Crippen LogP contribution in [0.3, 0.4) is 0 Å². The zero-order chi connectivity index (χ0) is 43.2. The van der Waals surface area contributed by atoms with Crippen LogP contribution in [0.1, 0.15) is 25.0 Å². The molecule has 12 aromatic rings. The van der Waals surface area contributed by atoms with E-state index in [0.717, 1.165) is 67.1 Å². The van der Waals surface area contributed by atoms with Gasteiger partial charge in [-0.2, -0.15) is 0 Å². The molecular weight excluding hydrogens is 789 g/mol. The monoisotopic (exact) mass is 830 g/mol. The first-order valence-corrected chi connectivity index (χ1v) is 22.4. The maximum absolute atomic E-state index is 5.49. The lowest BCUT2D eigenvalue weighted by molar-refractivity contribution is 0.666. The summed E-state index contributed by atoms with van der Waals surface area (Å²) in [5.41, 5.74) is 19.0. The van der Waals surface area contributed by atoms with Crippen molar-refractivity contribution in [3.05, 3.63) is 230 Å². The summed E-state index contributed by atoms with van der Waals surface area (Å²) in [5, 5.41) is 4.99. The molecule has 0 amide bonds. The molecule has 65 heavy (non-hydrogen) atoms. The Bertz CT molecular complexity index is 3740. The van der Waals surface area contributed by atoms with E-state index in [0.29, 0.717) is 5.82 Å². The van der Waals surface area contributed by atoms with E-state index in [4.69, 9.17) is 9.97 Å². The van der Waals surface area contributed by atoms with E-state index in [1.807, 2.05) is 6.07 Å². The number of nitrogens with zero attached hydrogens (tertiary/aromatic N) is 4. The highest BCUT2D eigenvalue weighted by atomic mass is 15.0. The van der Waals surface area contributed by atoms with Gasteiger partial charge in [0.25, 0.3) is 0 Å². The minimum Gasteiger partial charge on any atom is -0.309 e. The predicted molar refractivity (Wildman–Crippen MR) is 270 cm³/mol. The first-order chi connectivity index (χ1) is 32.0. The molecular formula is C61H42N4. The number of hydrogen-bond acceptors (Lipinski definition) is 2. The number of fused-ring (bicyclic) bond motifs is 10. The van der Waals surface area contributed by atoms with Crippen LogP contribution in [0.25, 0.3) is 111 Å². The van der Waals surface area contributed by atoms with Gasteiger partial charge < -0.3 is 9.13 Å². The Morgan fingerprint density at radius 3 is 1.62 bits per heavy atom. The van der Waals surface area contributed by atoms with E-state index >= 15 is 0 Å². The molecule has 0 fully saturated rings. The first kappa shape index (κ1) is 37.2. The molecule has 0 N–H and O–H groups in total. The van der Waals surface area contributed by atoms with Gasteiger partial charge in [-0.15, -0.1) is 0 Å². The smallest absolute Gasteiger partial charge is 0.160 e. The van der Waals surface area contributed by atoms with Crippen molar-refractivity contribution in [1.82, 2.24) is 19.1 Å². The fourth-order valence-electron chi connectivity index (χ4n) is 10.9. The van der Waals surface area contributed by atoms with Crippen molar-refractivity contribution < 1.29 is 0 Å². The van der Waals surface area contributed by atoms with E-state index in [1.54, 1.807) is 0 Å². The Labute approximate surface area is 377 Å². The van der Waals surface area contributed by atoms with Crippen molar-refractivity contribution in [2.24, 2.45) is 0 Å². The van der Waals surface area contributed by atoms with Crippen molar-refractivity contribution in [2.45, 2.75) is 19.3 Å². The summed E-state index contributed by atoms with van der Waals surface area (Å²) < 4.78 is 4.97. The molecule has 0 bridgehead atoms. The van der Waals surface area contributed by atoms with E-state index < -0.39 is 0 Å². The summed E-state index contributed by atoms with van der Waals surface area (Å²) in [6.07, 6.45) is 0. The third-order valence-electron chi connectivity index (χ3n) is 13.7. The largest absolute Gasteiger partial charge is 0.309 e. The van der Waals surface area contributed by atoms with Crippen molar-refractivity contribution in [2.75, 3.05) is 0 Å². The molecule has 0 unspecified atom stereocenters. The minimum atomic E-state index is -0.198. The highest BCUT2D eigenvalue weighted by molar-refractivity contribution is 6.15.